The first-order valence-corrected chi connectivity index (χ1v) is 7.06. The Hall–Kier alpha value is -1.66. The zero-order valence-corrected chi connectivity index (χ0v) is 12.0. The van der Waals surface area contributed by atoms with Gasteiger partial charge in [0.1, 0.15) is 5.75 Å². The maximum absolute atomic E-state index is 12.1. The Morgan fingerprint density at radius 1 is 1.40 bits per heavy atom. The van der Waals surface area contributed by atoms with Crippen LogP contribution < -0.4 is 11.1 Å². The van der Waals surface area contributed by atoms with E-state index in [2.05, 4.69) is 10.2 Å². The molecule has 1 aromatic rings. The van der Waals surface area contributed by atoms with Gasteiger partial charge in [0.25, 0.3) is 5.91 Å². The van der Waals surface area contributed by atoms with Crippen molar-refractivity contribution < 1.29 is 9.90 Å². The highest BCUT2D eigenvalue weighted by Crippen LogP contribution is 2.17. The molecule has 108 valence electrons. The lowest BCUT2D eigenvalue weighted by Crippen LogP contribution is -2.46. The Morgan fingerprint density at radius 2 is 2.05 bits per heavy atom. The molecule has 0 spiro atoms. The Labute approximate surface area is 123 Å². The molecule has 0 saturated carbocycles. The number of para-hydroxylation sites is 1. The van der Waals surface area contributed by atoms with Gasteiger partial charge in [-0.3, -0.25) is 9.69 Å². The van der Waals surface area contributed by atoms with Crippen LogP contribution in [0.2, 0.25) is 0 Å². The molecule has 6 heteroatoms. The van der Waals surface area contributed by atoms with E-state index in [1.807, 2.05) is 0 Å². The van der Waals surface area contributed by atoms with Gasteiger partial charge in [-0.25, -0.2) is 0 Å². The van der Waals surface area contributed by atoms with Crippen molar-refractivity contribution in [3.05, 3.63) is 29.8 Å². The quantitative estimate of drug-likeness (QED) is 0.718. The highest BCUT2D eigenvalue weighted by molar-refractivity contribution is 7.80. The number of amides is 1. The van der Waals surface area contributed by atoms with Crippen molar-refractivity contribution in [2.75, 3.05) is 19.6 Å². The monoisotopic (exact) mass is 293 g/mol. The number of thiocarbonyl (C=S) groups is 1. The van der Waals surface area contributed by atoms with Crippen LogP contribution in [-0.4, -0.2) is 46.6 Å². The molecule has 1 saturated heterocycles. The minimum atomic E-state index is -0.226. The smallest absolute Gasteiger partial charge is 0.255 e. The molecule has 0 bridgehead atoms. The van der Waals surface area contributed by atoms with E-state index in [-0.39, 0.29) is 17.7 Å². The number of hydrogen-bond acceptors (Lipinski definition) is 4. The fourth-order valence-corrected chi connectivity index (χ4v) is 2.57. The standard InChI is InChI=1S/C14H19N3O2S/c15-13(20)9-17-7-5-10(6-8-17)16-14(19)11-3-1-2-4-12(11)18/h1-4,10,18H,5-9H2,(H2,15,20)(H,16,19). The van der Waals surface area contributed by atoms with E-state index in [1.54, 1.807) is 18.2 Å². The number of carbonyl (C=O) groups is 1. The van der Waals surface area contributed by atoms with Crippen molar-refractivity contribution >= 4 is 23.1 Å². The van der Waals surface area contributed by atoms with Gasteiger partial charge in [-0.1, -0.05) is 24.4 Å². The molecular weight excluding hydrogens is 274 g/mol. The molecule has 5 nitrogen and oxygen atoms in total. The molecule has 1 aliphatic heterocycles. The van der Waals surface area contributed by atoms with E-state index in [0.29, 0.717) is 17.1 Å². The largest absolute Gasteiger partial charge is 0.507 e. The second kappa shape index (κ2) is 6.67. The van der Waals surface area contributed by atoms with E-state index < -0.39 is 0 Å². The molecule has 1 amide bonds. The number of piperidine rings is 1. The average molecular weight is 293 g/mol. The molecule has 1 aliphatic rings. The number of likely N-dealkylation sites (tertiary alicyclic amines) is 1. The van der Waals surface area contributed by atoms with Gasteiger partial charge in [-0.05, 0) is 25.0 Å². The summed E-state index contributed by atoms with van der Waals surface area (Å²) >= 11 is 4.89. The number of nitrogens with two attached hydrogens (primary N) is 1. The van der Waals surface area contributed by atoms with E-state index >= 15 is 0 Å². The number of carbonyl (C=O) groups excluding carboxylic acids is 1. The Balaban J connectivity index is 1.85. The third-order valence-corrected chi connectivity index (χ3v) is 3.58. The van der Waals surface area contributed by atoms with Crippen molar-refractivity contribution in [3.63, 3.8) is 0 Å². The first kappa shape index (κ1) is 14.7. The third kappa shape index (κ3) is 3.91. The number of phenolic OH excluding ortho intramolecular Hbond substituents is 1. The fraction of sp³-hybridized carbons (Fsp3) is 0.429. The summed E-state index contributed by atoms with van der Waals surface area (Å²) in [6.45, 7) is 2.36. The average Bonchev–Trinajstić information content (AvgIpc) is 2.41. The van der Waals surface area contributed by atoms with Crippen LogP contribution in [0.4, 0.5) is 0 Å². The summed E-state index contributed by atoms with van der Waals surface area (Å²) in [5.74, 6) is -0.216. The minimum absolute atomic E-state index is 0.0101. The molecule has 20 heavy (non-hydrogen) atoms. The van der Waals surface area contributed by atoms with Gasteiger partial charge in [0.2, 0.25) is 0 Å². The highest BCUT2D eigenvalue weighted by atomic mass is 32.1. The second-order valence-corrected chi connectivity index (χ2v) is 5.53. The normalized spacial score (nSPS) is 16.8. The van der Waals surface area contributed by atoms with Crippen LogP contribution in [0.25, 0.3) is 0 Å². The van der Waals surface area contributed by atoms with Crippen LogP contribution in [0.3, 0.4) is 0 Å². The molecular formula is C14H19N3O2S. The first-order valence-electron chi connectivity index (χ1n) is 6.66. The van der Waals surface area contributed by atoms with Gasteiger partial charge in [0, 0.05) is 25.7 Å². The van der Waals surface area contributed by atoms with E-state index in [1.165, 1.54) is 6.07 Å². The number of rotatable bonds is 4. The van der Waals surface area contributed by atoms with Crippen molar-refractivity contribution in [1.29, 1.82) is 0 Å². The van der Waals surface area contributed by atoms with Crippen molar-refractivity contribution in [3.8, 4) is 5.75 Å². The second-order valence-electron chi connectivity index (χ2n) is 5.01. The molecule has 0 unspecified atom stereocenters. The fourth-order valence-electron chi connectivity index (χ4n) is 2.38. The lowest BCUT2D eigenvalue weighted by molar-refractivity contribution is 0.0912. The maximum atomic E-state index is 12.1. The van der Waals surface area contributed by atoms with Gasteiger partial charge < -0.3 is 16.2 Å². The van der Waals surface area contributed by atoms with E-state index in [0.717, 1.165) is 25.9 Å². The molecule has 2 rings (SSSR count). The molecule has 1 fully saturated rings. The molecule has 0 aliphatic carbocycles. The molecule has 0 radical (unpaired) electrons. The van der Waals surface area contributed by atoms with Gasteiger partial charge in [-0.2, -0.15) is 0 Å². The molecule has 1 heterocycles. The summed E-state index contributed by atoms with van der Waals surface area (Å²) in [7, 11) is 0. The van der Waals surface area contributed by atoms with Crippen molar-refractivity contribution in [2.24, 2.45) is 5.73 Å². The van der Waals surface area contributed by atoms with E-state index in [4.69, 9.17) is 18.0 Å². The number of aromatic hydroxyl groups is 1. The van der Waals surface area contributed by atoms with Crippen LogP contribution in [0.15, 0.2) is 24.3 Å². The minimum Gasteiger partial charge on any atom is -0.507 e. The van der Waals surface area contributed by atoms with Gasteiger partial charge in [0.05, 0.1) is 10.6 Å². The Bertz CT molecular complexity index is 499. The lowest BCUT2D eigenvalue weighted by Gasteiger charge is -2.32. The Kier molecular flexibility index (Phi) is 4.92. The highest BCUT2D eigenvalue weighted by Gasteiger charge is 2.22. The maximum Gasteiger partial charge on any atom is 0.255 e. The molecule has 0 atom stereocenters. The number of hydrogen-bond donors (Lipinski definition) is 3. The SMILES string of the molecule is NC(=S)CN1CCC(NC(=O)c2ccccc2O)CC1. The van der Waals surface area contributed by atoms with Gasteiger partial charge in [0.15, 0.2) is 0 Å². The lowest BCUT2D eigenvalue weighted by atomic mass is 10.0. The number of benzene rings is 1. The molecule has 1 aromatic carbocycles. The summed E-state index contributed by atoms with van der Waals surface area (Å²) < 4.78 is 0. The zero-order chi connectivity index (χ0) is 14.5. The third-order valence-electron chi connectivity index (χ3n) is 3.45. The van der Waals surface area contributed by atoms with Crippen LogP contribution >= 0.6 is 12.2 Å². The number of nitrogens with zero attached hydrogens (tertiary/aromatic N) is 1. The predicted octanol–water partition coefficient (Wildman–Crippen LogP) is 0.872. The summed E-state index contributed by atoms with van der Waals surface area (Å²) in [4.78, 5) is 14.8. The summed E-state index contributed by atoms with van der Waals surface area (Å²) in [6, 6.07) is 6.69. The number of phenols is 1. The summed E-state index contributed by atoms with van der Waals surface area (Å²) in [6.07, 6.45) is 1.73. The summed E-state index contributed by atoms with van der Waals surface area (Å²) in [5.41, 5.74) is 5.84. The van der Waals surface area contributed by atoms with Crippen molar-refractivity contribution in [1.82, 2.24) is 10.2 Å². The van der Waals surface area contributed by atoms with Gasteiger partial charge >= 0.3 is 0 Å². The number of nitrogens with one attached hydrogen (secondary N) is 1. The molecule has 4 N–H and O–H groups in total. The van der Waals surface area contributed by atoms with Crippen LogP contribution in [0.5, 0.6) is 5.75 Å². The first-order chi connectivity index (χ1) is 9.56. The van der Waals surface area contributed by atoms with Crippen molar-refractivity contribution in [2.45, 2.75) is 18.9 Å². The van der Waals surface area contributed by atoms with Crippen LogP contribution in [0, 0.1) is 0 Å². The van der Waals surface area contributed by atoms with E-state index in [9.17, 15) is 9.90 Å². The molecule has 0 aromatic heterocycles. The van der Waals surface area contributed by atoms with Gasteiger partial charge in [-0.15, -0.1) is 0 Å². The zero-order valence-electron chi connectivity index (χ0n) is 11.2. The van der Waals surface area contributed by atoms with Crippen LogP contribution in [-0.2, 0) is 0 Å². The Morgan fingerprint density at radius 3 is 2.65 bits per heavy atom. The topological polar surface area (TPSA) is 78.6 Å². The van der Waals surface area contributed by atoms with Crippen LogP contribution in [0.1, 0.15) is 23.2 Å². The predicted molar refractivity (Wildman–Crippen MR) is 81.8 cm³/mol. The summed E-state index contributed by atoms with van der Waals surface area (Å²) in [5, 5.41) is 12.6.